The largest absolute Gasteiger partial charge is 0.329 e. The minimum atomic E-state index is 0.241. The second kappa shape index (κ2) is 6.53. The Morgan fingerprint density at radius 3 is 2.72 bits per heavy atom. The van der Waals surface area contributed by atoms with Crippen molar-refractivity contribution in [2.24, 2.45) is 5.73 Å². The van der Waals surface area contributed by atoms with Gasteiger partial charge in [-0.25, -0.2) is 0 Å². The summed E-state index contributed by atoms with van der Waals surface area (Å²) in [5.41, 5.74) is 7.13. The molecule has 1 aliphatic rings. The summed E-state index contributed by atoms with van der Waals surface area (Å²) >= 11 is 6.29. The fourth-order valence-electron chi connectivity index (χ4n) is 2.60. The van der Waals surface area contributed by atoms with E-state index in [1.54, 1.807) is 0 Å². The van der Waals surface area contributed by atoms with Crippen LogP contribution in [-0.4, -0.2) is 49.6 Å². The minimum absolute atomic E-state index is 0.241. The van der Waals surface area contributed by atoms with Gasteiger partial charge in [0.05, 0.1) is 0 Å². The molecule has 0 aromatic heterocycles. The first kappa shape index (κ1) is 13.8. The van der Waals surface area contributed by atoms with Gasteiger partial charge in [0.1, 0.15) is 0 Å². The van der Waals surface area contributed by atoms with Crippen molar-refractivity contribution >= 4 is 11.6 Å². The molecule has 1 aliphatic heterocycles. The molecule has 1 atom stereocenters. The van der Waals surface area contributed by atoms with Crippen LogP contribution in [0.3, 0.4) is 0 Å². The van der Waals surface area contributed by atoms with Crippen LogP contribution in [0.15, 0.2) is 24.3 Å². The highest BCUT2D eigenvalue weighted by molar-refractivity contribution is 6.31. The van der Waals surface area contributed by atoms with E-state index in [0.717, 1.165) is 36.8 Å². The zero-order valence-corrected chi connectivity index (χ0v) is 11.7. The molecule has 0 radical (unpaired) electrons. The predicted molar refractivity (Wildman–Crippen MR) is 76.9 cm³/mol. The molecule has 2 rings (SSSR count). The number of nitrogens with two attached hydrogens (primary N) is 1. The molecule has 0 aliphatic carbocycles. The van der Waals surface area contributed by atoms with Crippen molar-refractivity contribution in [1.29, 1.82) is 0 Å². The quantitative estimate of drug-likeness (QED) is 0.909. The maximum Gasteiger partial charge on any atom is 0.0485 e. The number of hydrogen-bond donors (Lipinski definition) is 1. The van der Waals surface area contributed by atoms with Crippen LogP contribution in [-0.2, 0) is 0 Å². The number of nitrogens with zero attached hydrogens (tertiary/aromatic N) is 2. The molecule has 1 aromatic carbocycles. The van der Waals surface area contributed by atoms with Crippen LogP contribution in [0.4, 0.5) is 0 Å². The third-order valence-electron chi connectivity index (χ3n) is 3.68. The fraction of sp³-hybridized carbons (Fsp3) is 0.571. The molecule has 1 saturated heterocycles. The second-order valence-electron chi connectivity index (χ2n) is 4.97. The van der Waals surface area contributed by atoms with Gasteiger partial charge in [-0.2, -0.15) is 0 Å². The number of hydrogen-bond acceptors (Lipinski definition) is 3. The van der Waals surface area contributed by atoms with Crippen LogP contribution in [0, 0.1) is 0 Å². The van der Waals surface area contributed by atoms with Gasteiger partial charge in [0.25, 0.3) is 0 Å². The summed E-state index contributed by atoms with van der Waals surface area (Å²) in [6, 6.07) is 8.28. The van der Waals surface area contributed by atoms with E-state index < -0.39 is 0 Å². The van der Waals surface area contributed by atoms with Crippen molar-refractivity contribution in [3.8, 4) is 0 Å². The van der Waals surface area contributed by atoms with Crippen LogP contribution < -0.4 is 5.73 Å². The lowest BCUT2D eigenvalue weighted by molar-refractivity contribution is 0.208. The van der Waals surface area contributed by atoms with E-state index in [1.807, 2.05) is 18.2 Å². The van der Waals surface area contributed by atoms with Crippen molar-refractivity contribution in [3.05, 3.63) is 34.9 Å². The molecule has 100 valence electrons. The molecule has 4 heteroatoms. The summed E-state index contributed by atoms with van der Waals surface area (Å²) in [7, 11) is 2.18. The summed E-state index contributed by atoms with van der Waals surface area (Å²) in [6.45, 7) is 5.03. The van der Waals surface area contributed by atoms with Gasteiger partial charge >= 0.3 is 0 Å². The van der Waals surface area contributed by atoms with E-state index in [4.69, 9.17) is 17.3 Å². The Kier molecular flexibility index (Phi) is 5.01. The normalized spacial score (nSPS) is 20.6. The van der Waals surface area contributed by atoms with Crippen LogP contribution in [0.2, 0.25) is 5.02 Å². The Morgan fingerprint density at radius 2 is 2.00 bits per heavy atom. The molecular formula is C14H22ClN3. The average Bonchev–Trinajstić information content (AvgIpc) is 2.58. The topological polar surface area (TPSA) is 32.5 Å². The molecule has 18 heavy (non-hydrogen) atoms. The number of benzene rings is 1. The van der Waals surface area contributed by atoms with E-state index >= 15 is 0 Å². The molecule has 1 fully saturated rings. The Morgan fingerprint density at radius 1 is 1.22 bits per heavy atom. The summed E-state index contributed by atoms with van der Waals surface area (Å²) in [6.07, 6.45) is 1.19. The first-order valence-electron chi connectivity index (χ1n) is 6.59. The van der Waals surface area contributed by atoms with Crippen LogP contribution >= 0.6 is 11.6 Å². The standard InChI is InChI=1S/C14H22ClN3/c1-17-7-4-8-18(10-9-17)14(11-16)12-5-2-3-6-13(12)15/h2-3,5-6,14H,4,7-11,16H2,1H3. The third-order valence-corrected chi connectivity index (χ3v) is 4.03. The molecule has 0 spiro atoms. The highest BCUT2D eigenvalue weighted by Crippen LogP contribution is 2.27. The molecule has 1 aromatic rings. The molecule has 3 nitrogen and oxygen atoms in total. The summed E-state index contributed by atoms with van der Waals surface area (Å²) in [5.74, 6) is 0. The Balaban J connectivity index is 2.15. The lowest BCUT2D eigenvalue weighted by Crippen LogP contribution is -2.36. The number of rotatable bonds is 3. The van der Waals surface area contributed by atoms with E-state index in [9.17, 15) is 0 Å². The van der Waals surface area contributed by atoms with Crippen LogP contribution in [0.1, 0.15) is 18.0 Å². The molecule has 0 amide bonds. The van der Waals surface area contributed by atoms with Gasteiger partial charge < -0.3 is 10.6 Å². The number of halogens is 1. The highest BCUT2D eigenvalue weighted by Gasteiger charge is 2.22. The summed E-state index contributed by atoms with van der Waals surface area (Å²) < 4.78 is 0. The van der Waals surface area contributed by atoms with Gasteiger partial charge in [-0.1, -0.05) is 29.8 Å². The Labute approximate surface area is 115 Å². The van der Waals surface area contributed by atoms with Crippen molar-refractivity contribution in [1.82, 2.24) is 9.80 Å². The van der Waals surface area contributed by atoms with E-state index in [2.05, 4.69) is 22.9 Å². The van der Waals surface area contributed by atoms with Crippen molar-refractivity contribution in [2.45, 2.75) is 12.5 Å². The second-order valence-corrected chi connectivity index (χ2v) is 5.37. The first-order chi connectivity index (χ1) is 8.72. The van der Waals surface area contributed by atoms with Gasteiger partial charge in [-0.05, 0) is 31.6 Å². The van der Waals surface area contributed by atoms with Crippen molar-refractivity contribution in [2.75, 3.05) is 39.8 Å². The fourth-order valence-corrected chi connectivity index (χ4v) is 2.86. The van der Waals surface area contributed by atoms with Gasteiger partial charge in [0.2, 0.25) is 0 Å². The maximum atomic E-state index is 6.29. The number of likely N-dealkylation sites (N-methyl/N-ethyl adjacent to an activating group) is 1. The predicted octanol–water partition coefficient (Wildman–Crippen LogP) is 1.98. The maximum absolute atomic E-state index is 6.29. The average molecular weight is 268 g/mol. The lowest BCUT2D eigenvalue weighted by Gasteiger charge is -2.30. The smallest absolute Gasteiger partial charge is 0.0485 e. The van der Waals surface area contributed by atoms with Gasteiger partial charge in [0, 0.05) is 37.2 Å². The molecule has 2 N–H and O–H groups in total. The summed E-state index contributed by atoms with van der Waals surface area (Å²) in [5, 5.41) is 0.825. The monoisotopic (exact) mass is 267 g/mol. The third kappa shape index (κ3) is 3.23. The molecule has 0 saturated carbocycles. The van der Waals surface area contributed by atoms with Gasteiger partial charge in [-0.15, -0.1) is 0 Å². The molecule has 1 unspecified atom stereocenters. The van der Waals surface area contributed by atoms with E-state index in [1.165, 1.54) is 6.42 Å². The Bertz CT molecular complexity index is 383. The molecular weight excluding hydrogens is 246 g/mol. The first-order valence-corrected chi connectivity index (χ1v) is 6.97. The Hall–Kier alpha value is -0.610. The lowest BCUT2D eigenvalue weighted by atomic mass is 10.0. The highest BCUT2D eigenvalue weighted by atomic mass is 35.5. The van der Waals surface area contributed by atoms with Crippen molar-refractivity contribution in [3.63, 3.8) is 0 Å². The van der Waals surface area contributed by atoms with Gasteiger partial charge in [0.15, 0.2) is 0 Å². The van der Waals surface area contributed by atoms with Crippen molar-refractivity contribution < 1.29 is 0 Å². The zero-order valence-electron chi connectivity index (χ0n) is 11.0. The van der Waals surface area contributed by atoms with Crippen LogP contribution in [0.25, 0.3) is 0 Å². The van der Waals surface area contributed by atoms with E-state index in [-0.39, 0.29) is 6.04 Å². The minimum Gasteiger partial charge on any atom is -0.329 e. The summed E-state index contributed by atoms with van der Waals surface area (Å²) in [4.78, 5) is 4.84. The zero-order chi connectivity index (χ0) is 13.0. The SMILES string of the molecule is CN1CCCN(C(CN)c2ccccc2Cl)CC1. The molecule has 0 bridgehead atoms. The van der Waals surface area contributed by atoms with Gasteiger partial charge in [-0.3, -0.25) is 4.90 Å². The van der Waals surface area contributed by atoms with Crippen LogP contribution in [0.5, 0.6) is 0 Å². The molecule has 1 heterocycles. The van der Waals surface area contributed by atoms with E-state index in [0.29, 0.717) is 6.54 Å².